The fraction of sp³-hybridized carbons (Fsp3) is 0.231. The quantitative estimate of drug-likeness (QED) is 0.229. The van der Waals surface area contributed by atoms with Crippen LogP contribution in [0.5, 0.6) is 0 Å². The van der Waals surface area contributed by atoms with Crippen LogP contribution >= 0.6 is 0 Å². The number of fused-ring (bicyclic) bond motifs is 3. The van der Waals surface area contributed by atoms with Crippen LogP contribution in [0.2, 0.25) is 0 Å². The van der Waals surface area contributed by atoms with E-state index in [1.165, 1.54) is 71.5 Å². The van der Waals surface area contributed by atoms with Crippen LogP contribution in [0, 0.1) is 6.08 Å². The molecule has 1 aliphatic rings. The molecule has 0 saturated heterocycles. The van der Waals surface area contributed by atoms with Gasteiger partial charge in [-0.15, -0.1) is 46.2 Å². The molecule has 1 aliphatic carbocycles. The van der Waals surface area contributed by atoms with Crippen molar-refractivity contribution in [1.82, 2.24) is 0 Å². The molecule has 0 unspecified atom stereocenters. The Hall–Kier alpha value is -2.84. The van der Waals surface area contributed by atoms with E-state index >= 15 is 0 Å². The molecule has 0 aliphatic heterocycles. The molecule has 0 fully saturated rings. The first kappa shape index (κ1) is 37.4. The fourth-order valence-corrected chi connectivity index (χ4v) is 6.08. The summed E-state index contributed by atoms with van der Waals surface area (Å²) in [6.45, 7) is 13.1. The first-order valence-corrected chi connectivity index (χ1v) is 16.4. The van der Waals surface area contributed by atoms with Crippen LogP contribution in [0.1, 0.15) is 45.2 Å². The van der Waals surface area contributed by atoms with E-state index in [0.717, 1.165) is 32.6 Å². The number of rotatable bonds is 8. The molecular formula is C39H42Cl2N2Zr-2. The maximum atomic E-state index is 2.99. The van der Waals surface area contributed by atoms with Gasteiger partial charge in [0.1, 0.15) is 0 Å². The van der Waals surface area contributed by atoms with Crippen molar-refractivity contribution in [3.63, 3.8) is 0 Å². The molecule has 0 N–H and O–H groups in total. The van der Waals surface area contributed by atoms with Crippen molar-refractivity contribution in [2.24, 2.45) is 0 Å². The van der Waals surface area contributed by atoms with Gasteiger partial charge >= 0.3 is 99.2 Å². The Morgan fingerprint density at radius 1 is 0.659 bits per heavy atom. The predicted octanol–water partition coefficient (Wildman–Crippen LogP) is 3.52. The summed E-state index contributed by atoms with van der Waals surface area (Å²) in [5.74, 6) is 0. The molecule has 0 saturated carbocycles. The monoisotopic (exact) mass is 698 g/mol. The average Bonchev–Trinajstić information content (AvgIpc) is 3.75. The molecule has 2 nitrogen and oxygen atoms in total. The molecule has 0 aromatic heterocycles. The van der Waals surface area contributed by atoms with Gasteiger partial charge in [-0.3, -0.25) is 6.08 Å². The molecule has 0 spiro atoms. The van der Waals surface area contributed by atoms with Crippen LogP contribution in [0.25, 0.3) is 21.5 Å². The van der Waals surface area contributed by atoms with Crippen molar-refractivity contribution in [3.8, 4) is 0 Å². The molecule has 5 aromatic rings. The molecule has 6 rings (SSSR count). The molecule has 0 heterocycles. The molecule has 0 atom stereocenters. The second kappa shape index (κ2) is 19.5. The van der Waals surface area contributed by atoms with Gasteiger partial charge in [-0.2, -0.15) is 6.08 Å². The van der Waals surface area contributed by atoms with Crippen LogP contribution in [-0.4, -0.2) is 29.4 Å². The third-order valence-corrected chi connectivity index (χ3v) is 9.06. The van der Waals surface area contributed by atoms with Crippen molar-refractivity contribution in [1.29, 1.82) is 0 Å². The van der Waals surface area contributed by atoms with Gasteiger partial charge in [0.15, 0.2) is 0 Å². The van der Waals surface area contributed by atoms with Crippen molar-refractivity contribution >= 4 is 36.1 Å². The van der Waals surface area contributed by atoms with Gasteiger partial charge in [-0.05, 0) is 27.7 Å². The Bertz CT molecular complexity index is 1500. The summed E-state index contributed by atoms with van der Waals surface area (Å²) in [6, 6.07) is 37.2. The first-order chi connectivity index (χ1) is 20.6. The third-order valence-electron chi connectivity index (χ3n) is 7.64. The molecule has 44 heavy (non-hydrogen) atoms. The molecule has 0 amide bonds. The van der Waals surface area contributed by atoms with Crippen molar-refractivity contribution in [2.45, 2.75) is 34.1 Å². The number of hydrogen-bond donors (Lipinski definition) is 0. The van der Waals surface area contributed by atoms with Crippen LogP contribution in [-0.2, 0) is 24.2 Å². The number of halogens is 2. The Kier molecular flexibility index (Phi) is 16.6. The minimum absolute atomic E-state index is 0. The Labute approximate surface area is 292 Å². The number of benzene rings is 4. The summed E-state index contributed by atoms with van der Waals surface area (Å²) < 4.78 is 1.42. The van der Waals surface area contributed by atoms with E-state index in [4.69, 9.17) is 0 Å². The van der Waals surface area contributed by atoms with Gasteiger partial charge in [0.25, 0.3) is 0 Å². The normalized spacial score (nSPS) is 11.0. The number of nitrogens with zero attached hydrogens (tertiary/aromatic N) is 2. The molecule has 5 heteroatoms. The summed E-state index contributed by atoms with van der Waals surface area (Å²) in [5.41, 5.74) is 5.31. The van der Waals surface area contributed by atoms with Crippen molar-refractivity contribution in [3.05, 3.63) is 139 Å². The number of allylic oxidation sites excluding steroid dienone is 4. The number of anilines is 2. The van der Waals surface area contributed by atoms with E-state index in [0.29, 0.717) is 0 Å². The van der Waals surface area contributed by atoms with Crippen LogP contribution < -0.4 is 34.6 Å². The second-order valence-corrected chi connectivity index (χ2v) is 11.4. The van der Waals surface area contributed by atoms with Gasteiger partial charge in [-0.25, -0.2) is 12.2 Å². The van der Waals surface area contributed by atoms with E-state index in [-0.39, 0.29) is 24.8 Å². The first-order valence-electron chi connectivity index (χ1n) is 15.1. The standard InChI is InChI=1S/C21H27N2.C13H10.C5H5.2ClH.Zr/c1-5-22(6-2)18-11-9-16-13-17-10-12-19(23(7-3)8-4)15-21(17)20(16)14-18;1-3-7-12(8-4-1)11-13-9-5-2-6-10-13;1-2-4-5-3-1;;;/h9-15H,5-8H2,1-4H3;1-10H;1-3H,4H2;2*1H;/q-1;;-1;;;+2/p-2. The van der Waals surface area contributed by atoms with Gasteiger partial charge < -0.3 is 34.6 Å². The Balaban J connectivity index is 0.000000273. The second-order valence-electron chi connectivity index (χ2n) is 10.1. The third kappa shape index (κ3) is 9.83. The van der Waals surface area contributed by atoms with Crippen molar-refractivity contribution < 1.29 is 49.0 Å². The van der Waals surface area contributed by atoms with Gasteiger partial charge in [0, 0.05) is 37.6 Å². The van der Waals surface area contributed by atoms with Crippen LogP contribution in [0.4, 0.5) is 11.4 Å². The van der Waals surface area contributed by atoms with Gasteiger partial charge in [-0.1, -0.05) is 24.3 Å². The SMILES string of the molecule is CCN(CC)c1ccc2[cH-]c3ccc(N(CC)CC)cc3c2c1.[C-]1=CC=CC1.[Cl-].[Cl-].[Zr+2]=[C](c1ccccc1)c1ccccc1. The molecule has 228 valence electrons. The van der Waals surface area contributed by atoms with E-state index in [2.05, 4.69) is 153 Å². The predicted molar refractivity (Wildman–Crippen MR) is 182 cm³/mol. The van der Waals surface area contributed by atoms with E-state index < -0.39 is 0 Å². The molecule has 0 radical (unpaired) electrons. The van der Waals surface area contributed by atoms with E-state index in [1.807, 2.05) is 12.2 Å². The zero-order chi connectivity index (χ0) is 29.7. The molecule has 5 aromatic carbocycles. The minimum atomic E-state index is 0. The average molecular weight is 701 g/mol. The molecule has 0 bridgehead atoms. The van der Waals surface area contributed by atoms with E-state index in [1.54, 1.807) is 0 Å². The zero-order valence-corrected chi connectivity index (χ0v) is 30.2. The summed E-state index contributed by atoms with van der Waals surface area (Å²) in [4.78, 5) is 4.82. The summed E-state index contributed by atoms with van der Waals surface area (Å²) in [5, 5.41) is 5.43. The maximum absolute atomic E-state index is 2.99. The fourth-order valence-electron chi connectivity index (χ4n) is 5.26. The van der Waals surface area contributed by atoms with Crippen molar-refractivity contribution in [2.75, 3.05) is 36.0 Å². The Morgan fingerprint density at radius 2 is 1.09 bits per heavy atom. The van der Waals surface area contributed by atoms with Gasteiger partial charge in [0.05, 0.1) is 0 Å². The summed E-state index contributed by atoms with van der Waals surface area (Å²) in [6.07, 6.45) is 10.0. The van der Waals surface area contributed by atoms with Crippen LogP contribution in [0.3, 0.4) is 0 Å². The summed E-state index contributed by atoms with van der Waals surface area (Å²) >= 11 is 1.46. The number of hydrogen-bond acceptors (Lipinski definition) is 2. The molecular weight excluding hydrogens is 659 g/mol. The zero-order valence-electron chi connectivity index (χ0n) is 26.2. The van der Waals surface area contributed by atoms with Crippen LogP contribution in [0.15, 0.2) is 121 Å². The van der Waals surface area contributed by atoms with Gasteiger partial charge in [0.2, 0.25) is 0 Å². The summed E-state index contributed by atoms with van der Waals surface area (Å²) in [7, 11) is 0. The van der Waals surface area contributed by atoms with E-state index in [9.17, 15) is 0 Å². The Morgan fingerprint density at radius 3 is 1.41 bits per heavy atom. The topological polar surface area (TPSA) is 6.48 Å².